The standard InChI is InChI=1S/C7H12F3O4P/c1-3-4-13-15(12)6(7(8,9)10)14-5(2)11/h6,15H,3-4H2,1-2H3. The van der Waals surface area contributed by atoms with Gasteiger partial charge < -0.3 is 9.26 Å². The molecule has 0 aliphatic heterocycles. The van der Waals surface area contributed by atoms with E-state index in [0.717, 1.165) is 6.92 Å². The topological polar surface area (TPSA) is 52.6 Å². The van der Waals surface area contributed by atoms with Crippen molar-refractivity contribution in [3.63, 3.8) is 0 Å². The van der Waals surface area contributed by atoms with E-state index in [1.54, 1.807) is 6.92 Å². The predicted octanol–water partition coefficient (Wildman–Crippen LogP) is 2.34. The summed E-state index contributed by atoms with van der Waals surface area (Å²) < 4.78 is 56.1. The smallest absolute Gasteiger partial charge is 0.434 e. The van der Waals surface area contributed by atoms with Gasteiger partial charge in [0.15, 0.2) is 0 Å². The van der Waals surface area contributed by atoms with Gasteiger partial charge in [-0.25, -0.2) is 0 Å². The van der Waals surface area contributed by atoms with Crippen LogP contribution in [-0.2, 0) is 18.6 Å². The minimum absolute atomic E-state index is 0.0638. The van der Waals surface area contributed by atoms with Gasteiger partial charge in [0.05, 0.1) is 6.61 Å². The summed E-state index contributed by atoms with van der Waals surface area (Å²) in [5.74, 6) is -3.79. The number of carbonyl (C=O) groups is 1. The number of alkyl halides is 3. The molecule has 0 spiro atoms. The van der Waals surface area contributed by atoms with E-state index in [0.29, 0.717) is 6.42 Å². The minimum Gasteiger partial charge on any atom is -0.443 e. The molecule has 0 aliphatic rings. The van der Waals surface area contributed by atoms with Gasteiger partial charge in [0, 0.05) is 6.92 Å². The lowest BCUT2D eigenvalue weighted by Crippen LogP contribution is -2.30. The number of carbonyl (C=O) groups excluding carboxylic acids is 1. The Balaban J connectivity index is 4.49. The number of hydrogen-bond donors (Lipinski definition) is 0. The molecule has 0 aromatic rings. The van der Waals surface area contributed by atoms with Gasteiger partial charge in [0.1, 0.15) is 0 Å². The molecule has 2 unspecified atom stereocenters. The molecule has 90 valence electrons. The highest BCUT2D eigenvalue weighted by Crippen LogP contribution is 2.41. The second-order valence-corrected chi connectivity index (χ2v) is 4.15. The van der Waals surface area contributed by atoms with Crippen molar-refractivity contribution in [2.24, 2.45) is 0 Å². The Morgan fingerprint density at radius 2 is 2.00 bits per heavy atom. The summed E-state index contributed by atoms with van der Waals surface area (Å²) in [5.41, 5.74) is 0. The molecular formula is C7H12F3O4P. The van der Waals surface area contributed by atoms with Crippen LogP contribution in [0.25, 0.3) is 0 Å². The zero-order chi connectivity index (χ0) is 12.1. The van der Waals surface area contributed by atoms with Crippen molar-refractivity contribution < 1.29 is 31.8 Å². The highest BCUT2D eigenvalue weighted by atomic mass is 31.1. The average Bonchev–Trinajstić information content (AvgIpc) is 2.08. The van der Waals surface area contributed by atoms with Gasteiger partial charge in [-0.3, -0.25) is 9.36 Å². The number of esters is 1. The van der Waals surface area contributed by atoms with E-state index in [1.165, 1.54) is 0 Å². The Kier molecular flexibility index (Phi) is 5.90. The van der Waals surface area contributed by atoms with Crippen LogP contribution in [0.1, 0.15) is 20.3 Å². The number of hydrogen-bond acceptors (Lipinski definition) is 4. The van der Waals surface area contributed by atoms with Crippen LogP contribution in [0.5, 0.6) is 0 Å². The summed E-state index contributed by atoms with van der Waals surface area (Å²) in [6.45, 7) is 2.41. The SMILES string of the molecule is CCCO[PH](=O)C(OC(C)=O)C(F)(F)F. The van der Waals surface area contributed by atoms with Crippen LogP contribution in [0.3, 0.4) is 0 Å². The van der Waals surface area contributed by atoms with Gasteiger partial charge >= 0.3 is 12.1 Å². The van der Waals surface area contributed by atoms with Gasteiger partial charge in [-0.05, 0) is 6.42 Å². The monoisotopic (exact) mass is 248 g/mol. The first-order valence-corrected chi connectivity index (χ1v) is 5.59. The molecule has 0 aromatic carbocycles. The lowest BCUT2D eigenvalue weighted by atomic mass is 10.5. The van der Waals surface area contributed by atoms with E-state index >= 15 is 0 Å². The Labute approximate surface area is 85.6 Å². The second kappa shape index (κ2) is 6.12. The molecule has 0 amide bonds. The Morgan fingerprint density at radius 3 is 2.33 bits per heavy atom. The van der Waals surface area contributed by atoms with E-state index in [9.17, 15) is 22.5 Å². The summed E-state index contributed by atoms with van der Waals surface area (Å²) >= 11 is 0. The normalized spacial score (nSPS) is 15.8. The summed E-state index contributed by atoms with van der Waals surface area (Å²) in [6, 6.07) is 0. The summed E-state index contributed by atoms with van der Waals surface area (Å²) in [6.07, 6.45) is -4.43. The first-order chi connectivity index (χ1) is 6.79. The van der Waals surface area contributed by atoms with Crippen LogP contribution in [0.2, 0.25) is 0 Å². The number of rotatable bonds is 5. The molecule has 0 aromatic heterocycles. The van der Waals surface area contributed by atoms with Crippen LogP contribution < -0.4 is 0 Å². The molecule has 0 fully saturated rings. The van der Waals surface area contributed by atoms with Crippen molar-refractivity contribution in [2.45, 2.75) is 32.3 Å². The molecular weight excluding hydrogens is 236 g/mol. The highest BCUT2D eigenvalue weighted by Gasteiger charge is 2.47. The van der Waals surface area contributed by atoms with E-state index in [2.05, 4.69) is 9.26 Å². The molecule has 0 radical (unpaired) electrons. The van der Waals surface area contributed by atoms with Crippen LogP contribution in [0.4, 0.5) is 13.2 Å². The highest BCUT2D eigenvalue weighted by molar-refractivity contribution is 7.39. The maximum absolute atomic E-state index is 12.2. The van der Waals surface area contributed by atoms with Crippen molar-refractivity contribution in [3.8, 4) is 0 Å². The van der Waals surface area contributed by atoms with Crippen LogP contribution in [-0.4, -0.2) is 24.6 Å². The van der Waals surface area contributed by atoms with Crippen LogP contribution >= 0.6 is 8.03 Å². The van der Waals surface area contributed by atoms with Crippen molar-refractivity contribution >= 4 is 14.0 Å². The molecule has 0 heterocycles. The molecule has 15 heavy (non-hydrogen) atoms. The fraction of sp³-hybridized carbons (Fsp3) is 0.857. The number of ether oxygens (including phenoxy) is 1. The first-order valence-electron chi connectivity index (χ1n) is 4.19. The Bertz CT molecular complexity index is 241. The third-order valence-electron chi connectivity index (χ3n) is 1.24. The molecule has 0 aliphatic carbocycles. The van der Waals surface area contributed by atoms with Gasteiger partial charge in [-0.15, -0.1) is 0 Å². The first kappa shape index (κ1) is 14.5. The molecule has 0 saturated heterocycles. The molecule has 8 heteroatoms. The molecule has 0 rings (SSSR count). The van der Waals surface area contributed by atoms with Gasteiger partial charge in [-0.1, -0.05) is 6.92 Å². The minimum atomic E-state index is -4.87. The van der Waals surface area contributed by atoms with Crippen molar-refractivity contribution in [2.75, 3.05) is 6.61 Å². The van der Waals surface area contributed by atoms with Crippen molar-refractivity contribution in [1.29, 1.82) is 0 Å². The second-order valence-electron chi connectivity index (χ2n) is 2.70. The maximum Gasteiger partial charge on any atom is 0.434 e. The summed E-state index contributed by atoms with van der Waals surface area (Å²) in [5, 5.41) is 0. The predicted molar refractivity (Wildman–Crippen MR) is 46.9 cm³/mol. The van der Waals surface area contributed by atoms with Crippen LogP contribution in [0.15, 0.2) is 0 Å². The zero-order valence-electron chi connectivity index (χ0n) is 8.26. The Hall–Kier alpha value is -0.550. The molecule has 0 N–H and O–H groups in total. The lowest BCUT2D eigenvalue weighted by molar-refractivity contribution is -0.198. The average molecular weight is 248 g/mol. The van der Waals surface area contributed by atoms with E-state index < -0.39 is 26.0 Å². The largest absolute Gasteiger partial charge is 0.443 e. The van der Waals surface area contributed by atoms with Gasteiger partial charge in [0.2, 0.25) is 8.03 Å². The third kappa shape index (κ3) is 5.79. The molecule has 4 nitrogen and oxygen atoms in total. The van der Waals surface area contributed by atoms with E-state index in [-0.39, 0.29) is 6.61 Å². The molecule has 0 saturated carbocycles. The van der Waals surface area contributed by atoms with Crippen molar-refractivity contribution in [3.05, 3.63) is 0 Å². The molecule has 0 bridgehead atoms. The zero-order valence-corrected chi connectivity index (χ0v) is 9.26. The van der Waals surface area contributed by atoms with Gasteiger partial charge in [-0.2, -0.15) is 13.2 Å². The lowest BCUT2D eigenvalue weighted by Gasteiger charge is -2.19. The maximum atomic E-state index is 12.2. The van der Waals surface area contributed by atoms with Crippen LogP contribution in [0, 0.1) is 0 Å². The van der Waals surface area contributed by atoms with Gasteiger partial charge in [0.25, 0.3) is 5.85 Å². The number of halogens is 3. The fourth-order valence-electron chi connectivity index (χ4n) is 0.693. The fourth-order valence-corrected chi connectivity index (χ4v) is 1.78. The van der Waals surface area contributed by atoms with E-state index in [1.807, 2.05) is 0 Å². The van der Waals surface area contributed by atoms with E-state index in [4.69, 9.17) is 0 Å². The summed E-state index contributed by atoms with van der Waals surface area (Å²) in [7, 11) is -3.46. The third-order valence-corrected chi connectivity index (χ3v) is 2.61. The molecule has 2 atom stereocenters. The quantitative estimate of drug-likeness (QED) is 0.553. The summed E-state index contributed by atoms with van der Waals surface area (Å²) in [4.78, 5) is 10.4. The Morgan fingerprint density at radius 1 is 1.47 bits per heavy atom. The van der Waals surface area contributed by atoms with Crippen molar-refractivity contribution in [1.82, 2.24) is 0 Å².